The molecule has 0 aliphatic rings. The number of aromatic nitrogens is 1. The van der Waals surface area contributed by atoms with Crippen LogP contribution in [0.2, 0.25) is 0 Å². The molecule has 0 radical (unpaired) electrons. The van der Waals surface area contributed by atoms with Crippen LogP contribution in [-0.2, 0) is 0 Å². The Bertz CT molecular complexity index is 879. The van der Waals surface area contributed by atoms with Gasteiger partial charge in [0, 0.05) is 22.0 Å². The number of thiazole rings is 1. The Morgan fingerprint density at radius 3 is 2.70 bits per heavy atom. The summed E-state index contributed by atoms with van der Waals surface area (Å²) in [6, 6.07) is 18.3. The summed E-state index contributed by atoms with van der Waals surface area (Å²) in [7, 11) is 0. The molecule has 0 saturated heterocycles. The molecule has 3 nitrogen and oxygen atoms in total. The predicted molar refractivity (Wildman–Crippen MR) is 101 cm³/mol. The minimum atomic E-state index is 0.737. The second-order valence-corrected chi connectivity index (χ2v) is 6.61. The summed E-state index contributed by atoms with van der Waals surface area (Å²) in [6.45, 7) is 2.77. The van der Waals surface area contributed by atoms with E-state index in [1.54, 1.807) is 11.3 Å². The lowest BCUT2D eigenvalue weighted by molar-refractivity contribution is 0.833. The van der Waals surface area contributed by atoms with Gasteiger partial charge in [-0.3, -0.25) is 4.99 Å². The lowest BCUT2D eigenvalue weighted by Gasteiger charge is -2.03. The van der Waals surface area contributed by atoms with E-state index in [-0.39, 0.29) is 0 Å². The zero-order valence-electron chi connectivity index (χ0n) is 12.7. The summed E-state index contributed by atoms with van der Waals surface area (Å²) >= 11 is 5.09. The van der Waals surface area contributed by atoms with Crippen LogP contribution < -0.4 is 4.80 Å². The highest BCUT2D eigenvalue weighted by atomic mass is 79.9. The van der Waals surface area contributed by atoms with Crippen LogP contribution in [0.25, 0.3) is 11.3 Å². The predicted octanol–water partition coefficient (Wildman–Crippen LogP) is 4.78. The van der Waals surface area contributed by atoms with Crippen molar-refractivity contribution in [3.8, 4) is 11.3 Å². The van der Waals surface area contributed by atoms with Crippen molar-refractivity contribution in [3.63, 3.8) is 0 Å². The SMILES string of the molecule is CCN=c1scc(-c2ccccc2)n1N=Cc1cccc(Br)c1. The van der Waals surface area contributed by atoms with Crippen molar-refractivity contribution < 1.29 is 0 Å². The first-order chi connectivity index (χ1) is 11.3. The third-order valence-corrected chi connectivity index (χ3v) is 4.57. The topological polar surface area (TPSA) is 29.6 Å². The Morgan fingerprint density at radius 1 is 1.13 bits per heavy atom. The van der Waals surface area contributed by atoms with Gasteiger partial charge in [0.25, 0.3) is 0 Å². The monoisotopic (exact) mass is 385 g/mol. The molecule has 0 aliphatic carbocycles. The summed E-state index contributed by atoms with van der Waals surface area (Å²) < 4.78 is 2.95. The first kappa shape index (κ1) is 15.9. The molecule has 0 spiro atoms. The van der Waals surface area contributed by atoms with Gasteiger partial charge in [-0.05, 0) is 24.6 Å². The molecule has 0 atom stereocenters. The van der Waals surface area contributed by atoms with Gasteiger partial charge in [-0.1, -0.05) is 58.4 Å². The number of hydrogen-bond acceptors (Lipinski definition) is 3. The molecule has 0 fully saturated rings. The molecule has 3 rings (SSSR count). The Hall–Kier alpha value is -1.98. The number of benzene rings is 2. The maximum atomic E-state index is 4.66. The molecule has 116 valence electrons. The van der Waals surface area contributed by atoms with E-state index in [0.717, 1.165) is 32.6 Å². The van der Waals surface area contributed by atoms with E-state index in [1.165, 1.54) is 0 Å². The molecule has 5 heteroatoms. The Balaban J connectivity index is 2.06. The summed E-state index contributed by atoms with van der Waals surface area (Å²) in [4.78, 5) is 5.44. The van der Waals surface area contributed by atoms with Crippen LogP contribution in [0, 0.1) is 0 Å². The lowest BCUT2D eigenvalue weighted by Crippen LogP contribution is -2.12. The van der Waals surface area contributed by atoms with E-state index < -0.39 is 0 Å². The standard InChI is InChI=1S/C18H16BrN3S/c1-2-20-18-22(21-12-14-7-6-10-16(19)11-14)17(13-23-18)15-8-4-3-5-9-15/h3-13H,2H2,1H3. The van der Waals surface area contributed by atoms with Crippen LogP contribution in [0.3, 0.4) is 0 Å². The average molecular weight is 386 g/mol. The highest BCUT2D eigenvalue weighted by Gasteiger charge is 2.06. The maximum Gasteiger partial charge on any atom is 0.206 e. The summed E-state index contributed by atoms with van der Waals surface area (Å²) in [5.41, 5.74) is 3.22. The third-order valence-electron chi connectivity index (χ3n) is 3.22. The quantitative estimate of drug-likeness (QED) is 0.578. The van der Waals surface area contributed by atoms with E-state index >= 15 is 0 Å². The smallest absolute Gasteiger partial charge is 0.206 e. The fraction of sp³-hybridized carbons (Fsp3) is 0.111. The van der Waals surface area contributed by atoms with Gasteiger partial charge >= 0.3 is 0 Å². The zero-order chi connectivity index (χ0) is 16.1. The molecule has 0 unspecified atom stereocenters. The fourth-order valence-corrected chi connectivity index (χ4v) is 3.49. The molecule has 0 N–H and O–H groups in total. The zero-order valence-corrected chi connectivity index (χ0v) is 15.1. The van der Waals surface area contributed by atoms with Crippen molar-refractivity contribution in [2.75, 3.05) is 6.54 Å². The second kappa shape index (κ2) is 7.53. The Labute approximate surface area is 147 Å². The normalized spacial score (nSPS) is 12.2. The van der Waals surface area contributed by atoms with E-state index in [0.29, 0.717) is 0 Å². The Kier molecular flexibility index (Phi) is 5.20. The van der Waals surface area contributed by atoms with Gasteiger partial charge in [0.1, 0.15) is 0 Å². The second-order valence-electron chi connectivity index (χ2n) is 4.86. The minimum Gasteiger partial charge on any atom is -0.258 e. The Morgan fingerprint density at radius 2 is 1.96 bits per heavy atom. The third kappa shape index (κ3) is 3.86. The van der Waals surface area contributed by atoms with Gasteiger partial charge in [-0.15, -0.1) is 11.3 Å². The molecule has 0 amide bonds. The van der Waals surface area contributed by atoms with Crippen molar-refractivity contribution in [2.45, 2.75) is 6.92 Å². The van der Waals surface area contributed by atoms with Crippen LogP contribution >= 0.6 is 27.3 Å². The molecule has 3 aromatic rings. The van der Waals surface area contributed by atoms with E-state index in [2.05, 4.69) is 43.5 Å². The number of nitrogens with zero attached hydrogens (tertiary/aromatic N) is 3. The molecular weight excluding hydrogens is 370 g/mol. The van der Waals surface area contributed by atoms with Gasteiger partial charge in [0.2, 0.25) is 4.80 Å². The van der Waals surface area contributed by atoms with Crippen molar-refractivity contribution in [1.29, 1.82) is 0 Å². The van der Waals surface area contributed by atoms with Crippen LogP contribution in [0.4, 0.5) is 0 Å². The van der Waals surface area contributed by atoms with Crippen molar-refractivity contribution in [2.24, 2.45) is 10.1 Å². The molecule has 0 bridgehead atoms. The lowest BCUT2D eigenvalue weighted by atomic mass is 10.2. The summed E-state index contributed by atoms with van der Waals surface area (Å²) in [6.07, 6.45) is 1.86. The summed E-state index contributed by atoms with van der Waals surface area (Å²) in [5, 5.41) is 6.76. The molecule has 2 aromatic carbocycles. The van der Waals surface area contributed by atoms with Crippen molar-refractivity contribution in [3.05, 3.63) is 74.8 Å². The minimum absolute atomic E-state index is 0.737. The van der Waals surface area contributed by atoms with Crippen molar-refractivity contribution >= 4 is 33.5 Å². The van der Waals surface area contributed by atoms with Gasteiger partial charge in [-0.2, -0.15) is 5.10 Å². The van der Waals surface area contributed by atoms with E-state index in [1.807, 2.05) is 60.3 Å². The largest absolute Gasteiger partial charge is 0.258 e. The molecule has 0 saturated carbocycles. The fourth-order valence-electron chi connectivity index (χ4n) is 2.17. The number of halogens is 1. The first-order valence-electron chi connectivity index (χ1n) is 7.34. The molecule has 0 aliphatic heterocycles. The van der Waals surface area contributed by atoms with Gasteiger partial charge in [0.05, 0.1) is 11.9 Å². The van der Waals surface area contributed by atoms with E-state index in [9.17, 15) is 0 Å². The molecule has 1 heterocycles. The highest BCUT2D eigenvalue weighted by Crippen LogP contribution is 2.19. The number of rotatable bonds is 4. The van der Waals surface area contributed by atoms with Crippen LogP contribution in [0.1, 0.15) is 12.5 Å². The summed E-state index contributed by atoms with van der Waals surface area (Å²) in [5.74, 6) is 0. The molecule has 1 aromatic heterocycles. The average Bonchev–Trinajstić information content (AvgIpc) is 2.97. The molecular formula is C18H16BrN3S. The maximum absolute atomic E-state index is 4.66. The molecule has 23 heavy (non-hydrogen) atoms. The first-order valence-corrected chi connectivity index (χ1v) is 9.01. The van der Waals surface area contributed by atoms with Crippen molar-refractivity contribution in [1.82, 2.24) is 4.68 Å². The highest BCUT2D eigenvalue weighted by molar-refractivity contribution is 9.10. The van der Waals surface area contributed by atoms with Crippen LogP contribution in [-0.4, -0.2) is 17.4 Å². The van der Waals surface area contributed by atoms with Crippen LogP contribution in [0.5, 0.6) is 0 Å². The van der Waals surface area contributed by atoms with Gasteiger partial charge in [-0.25, -0.2) is 4.68 Å². The van der Waals surface area contributed by atoms with Gasteiger partial charge in [0.15, 0.2) is 0 Å². The number of hydrogen-bond donors (Lipinski definition) is 0. The van der Waals surface area contributed by atoms with Gasteiger partial charge < -0.3 is 0 Å². The van der Waals surface area contributed by atoms with E-state index in [4.69, 9.17) is 0 Å². The van der Waals surface area contributed by atoms with Crippen LogP contribution in [0.15, 0.2) is 74.5 Å².